The van der Waals surface area contributed by atoms with Gasteiger partial charge in [0.2, 0.25) is 0 Å². The zero-order valence-corrected chi connectivity index (χ0v) is 12.6. The van der Waals surface area contributed by atoms with Crippen molar-refractivity contribution in [1.82, 2.24) is 4.98 Å². The summed E-state index contributed by atoms with van der Waals surface area (Å²) < 4.78 is 5.37. The summed E-state index contributed by atoms with van der Waals surface area (Å²) in [5.74, 6) is 0.748. The highest BCUT2D eigenvalue weighted by atomic mass is 16.5. The van der Waals surface area contributed by atoms with Gasteiger partial charge >= 0.3 is 5.97 Å². The van der Waals surface area contributed by atoms with Crippen molar-refractivity contribution in [3.63, 3.8) is 0 Å². The summed E-state index contributed by atoms with van der Waals surface area (Å²) in [4.78, 5) is 16.0. The highest BCUT2D eigenvalue weighted by Crippen LogP contribution is 2.28. The molecule has 1 aliphatic heterocycles. The van der Waals surface area contributed by atoms with E-state index in [1.54, 1.807) is 24.5 Å². The average Bonchev–Trinajstić information content (AvgIpc) is 2.89. The van der Waals surface area contributed by atoms with Crippen molar-refractivity contribution in [2.45, 2.75) is 19.8 Å². The van der Waals surface area contributed by atoms with Gasteiger partial charge in [0.05, 0.1) is 5.57 Å². The summed E-state index contributed by atoms with van der Waals surface area (Å²) in [7, 11) is 0. The Labute approximate surface area is 130 Å². The number of cyclic esters (lactones) is 1. The Balaban J connectivity index is 1.88. The van der Waals surface area contributed by atoms with Crippen molar-refractivity contribution in [3.8, 4) is 0 Å². The Hall–Kier alpha value is -2.68. The second-order valence-corrected chi connectivity index (χ2v) is 5.56. The fraction of sp³-hybridized carbons (Fsp3) is 0.158. The SMILES string of the molecule is CC(C)c1ccc(C2=C/C(=C\c3cccnc3)C(=O)O2)cc1. The van der Waals surface area contributed by atoms with Crippen molar-refractivity contribution >= 4 is 17.8 Å². The summed E-state index contributed by atoms with van der Waals surface area (Å²) in [6.45, 7) is 4.30. The molecule has 3 nitrogen and oxygen atoms in total. The fourth-order valence-electron chi connectivity index (χ4n) is 2.30. The molecule has 2 aromatic rings. The number of pyridine rings is 1. The van der Waals surface area contributed by atoms with Crippen LogP contribution in [0.15, 0.2) is 60.4 Å². The van der Waals surface area contributed by atoms with Gasteiger partial charge in [0, 0.05) is 18.0 Å². The third-order valence-electron chi connectivity index (χ3n) is 3.59. The molecule has 0 bridgehead atoms. The van der Waals surface area contributed by atoms with Gasteiger partial charge in [0.1, 0.15) is 5.76 Å². The van der Waals surface area contributed by atoms with Gasteiger partial charge in [-0.2, -0.15) is 0 Å². The van der Waals surface area contributed by atoms with Gasteiger partial charge in [-0.15, -0.1) is 0 Å². The van der Waals surface area contributed by atoms with E-state index in [1.807, 2.05) is 24.3 Å². The van der Waals surface area contributed by atoms with E-state index >= 15 is 0 Å². The van der Waals surface area contributed by atoms with Crippen molar-refractivity contribution in [2.24, 2.45) is 0 Å². The predicted octanol–water partition coefficient (Wildman–Crippen LogP) is 4.19. The van der Waals surface area contributed by atoms with E-state index in [4.69, 9.17) is 4.74 Å². The molecule has 3 rings (SSSR count). The molecule has 0 N–H and O–H groups in total. The van der Waals surface area contributed by atoms with E-state index in [0.717, 1.165) is 11.1 Å². The summed E-state index contributed by atoms with van der Waals surface area (Å²) in [5.41, 5.74) is 3.59. The summed E-state index contributed by atoms with van der Waals surface area (Å²) in [5, 5.41) is 0. The first-order valence-corrected chi connectivity index (χ1v) is 7.29. The standard InChI is InChI=1S/C19H17NO2/c1-13(2)15-5-7-16(8-6-15)18-11-17(19(21)22-18)10-14-4-3-9-20-12-14/h3-13H,1-2H3/b17-10+. The molecule has 0 radical (unpaired) electrons. The lowest BCUT2D eigenvalue weighted by Crippen LogP contribution is -1.97. The summed E-state index contributed by atoms with van der Waals surface area (Å²) in [6.07, 6.45) is 6.97. The molecule has 2 heterocycles. The van der Waals surface area contributed by atoms with Gasteiger partial charge in [0.15, 0.2) is 0 Å². The minimum atomic E-state index is -0.327. The number of carbonyl (C=O) groups excluding carboxylic acids is 1. The van der Waals surface area contributed by atoms with Crippen LogP contribution in [0.25, 0.3) is 11.8 Å². The van der Waals surface area contributed by atoms with Crippen molar-refractivity contribution in [3.05, 3.63) is 77.1 Å². The predicted molar refractivity (Wildman–Crippen MR) is 86.8 cm³/mol. The zero-order chi connectivity index (χ0) is 15.5. The van der Waals surface area contributed by atoms with Gasteiger partial charge in [-0.3, -0.25) is 4.98 Å². The summed E-state index contributed by atoms with van der Waals surface area (Å²) >= 11 is 0. The maximum absolute atomic E-state index is 12.0. The monoisotopic (exact) mass is 291 g/mol. The minimum Gasteiger partial charge on any atom is -0.422 e. The molecule has 22 heavy (non-hydrogen) atoms. The highest BCUT2D eigenvalue weighted by molar-refractivity contribution is 6.05. The van der Waals surface area contributed by atoms with E-state index < -0.39 is 0 Å². The molecule has 1 aliphatic rings. The second-order valence-electron chi connectivity index (χ2n) is 5.56. The van der Waals surface area contributed by atoms with E-state index in [0.29, 0.717) is 17.3 Å². The normalized spacial score (nSPS) is 16.0. The number of nitrogens with zero attached hydrogens (tertiary/aromatic N) is 1. The molecule has 0 unspecified atom stereocenters. The lowest BCUT2D eigenvalue weighted by molar-refractivity contribution is -0.130. The van der Waals surface area contributed by atoms with Crippen molar-refractivity contribution < 1.29 is 9.53 Å². The fourth-order valence-corrected chi connectivity index (χ4v) is 2.30. The van der Waals surface area contributed by atoms with E-state index in [1.165, 1.54) is 5.56 Å². The van der Waals surface area contributed by atoms with Gasteiger partial charge in [0.25, 0.3) is 0 Å². The Morgan fingerprint density at radius 1 is 1.14 bits per heavy atom. The number of hydrogen-bond acceptors (Lipinski definition) is 3. The number of esters is 1. The zero-order valence-electron chi connectivity index (χ0n) is 12.6. The second kappa shape index (κ2) is 5.98. The highest BCUT2D eigenvalue weighted by Gasteiger charge is 2.21. The number of carbonyl (C=O) groups is 1. The maximum atomic E-state index is 12.0. The topological polar surface area (TPSA) is 39.2 Å². The molecule has 0 saturated carbocycles. The number of aromatic nitrogens is 1. The number of hydrogen-bond donors (Lipinski definition) is 0. The van der Waals surface area contributed by atoms with Crippen molar-refractivity contribution in [1.29, 1.82) is 0 Å². The van der Waals surface area contributed by atoms with Crippen LogP contribution in [0, 0.1) is 0 Å². The van der Waals surface area contributed by atoms with Gasteiger partial charge in [-0.05, 0) is 35.3 Å². The maximum Gasteiger partial charge on any atom is 0.343 e. The smallest absolute Gasteiger partial charge is 0.343 e. The first-order chi connectivity index (χ1) is 10.6. The lowest BCUT2D eigenvalue weighted by Gasteiger charge is -2.06. The number of benzene rings is 1. The van der Waals surface area contributed by atoms with E-state index in [2.05, 4.69) is 31.0 Å². The van der Waals surface area contributed by atoms with E-state index in [-0.39, 0.29) is 5.97 Å². The van der Waals surface area contributed by atoms with E-state index in [9.17, 15) is 4.79 Å². The molecular weight excluding hydrogens is 274 g/mol. The van der Waals surface area contributed by atoms with Crippen LogP contribution in [0.4, 0.5) is 0 Å². The van der Waals surface area contributed by atoms with Crippen LogP contribution in [0.3, 0.4) is 0 Å². The largest absolute Gasteiger partial charge is 0.422 e. The van der Waals surface area contributed by atoms with Crippen molar-refractivity contribution in [2.75, 3.05) is 0 Å². The van der Waals surface area contributed by atoms with Crippen LogP contribution < -0.4 is 0 Å². The average molecular weight is 291 g/mol. The molecule has 0 saturated heterocycles. The molecule has 0 aliphatic carbocycles. The molecule has 0 amide bonds. The Morgan fingerprint density at radius 2 is 1.91 bits per heavy atom. The first kappa shape index (κ1) is 14.3. The van der Waals surface area contributed by atoms with Crippen LogP contribution >= 0.6 is 0 Å². The molecule has 0 atom stereocenters. The number of ether oxygens (including phenoxy) is 1. The molecule has 1 aromatic carbocycles. The molecular formula is C19H17NO2. The van der Waals surface area contributed by atoms with Crippen LogP contribution in [0.2, 0.25) is 0 Å². The first-order valence-electron chi connectivity index (χ1n) is 7.29. The Kier molecular flexibility index (Phi) is 3.88. The van der Waals surface area contributed by atoms with Crippen LogP contribution in [0.5, 0.6) is 0 Å². The van der Waals surface area contributed by atoms with Crippen LogP contribution in [0.1, 0.15) is 36.5 Å². The minimum absolute atomic E-state index is 0.327. The van der Waals surface area contributed by atoms with Crippen LogP contribution in [-0.2, 0) is 9.53 Å². The van der Waals surface area contributed by atoms with Crippen LogP contribution in [-0.4, -0.2) is 11.0 Å². The molecule has 3 heteroatoms. The Morgan fingerprint density at radius 3 is 2.55 bits per heavy atom. The summed E-state index contributed by atoms with van der Waals surface area (Å²) in [6, 6.07) is 11.8. The molecule has 1 aromatic heterocycles. The lowest BCUT2D eigenvalue weighted by atomic mass is 10.0. The molecule has 0 spiro atoms. The third-order valence-corrected chi connectivity index (χ3v) is 3.59. The molecule has 110 valence electrons. The van der Waals surface area contributed by atoms with Gasteiger partial charge < -0.3 is 4.74 Å². The van der Waals surface area contributed by atoms with Gasteiger partial charge in [-0.25, -0.2) is 4.79 Å². The van der Waals surface area contributed by atoms with Gasteiger partial charge in [-0.1, -0.05) is 44.2 Å². The number of rotatable bonds is 3. The quantitative estimate of drug-likeness (QED) is 0.629. The Bertz CT molecular complexity index is 741. The third kappa shape index (κ3) is 2.98. The molecule has 0 fully saturated rings.